The van der Waals surface area contributed by atoms with Gasteiger partial charge in [-0.1, -0.05) is 12.1 Å². The van der Waals surface area contributed by atoms with Gasteiger partial charge in [-0.3, -0.25) is 14.0 Å². The smallest absolute Gasteiger partial charge is 0.419 e. The summed E-state index contributed by atoms with van der Waals surface area (Å²) < 4.78 is 73.2. The van der Waals surface area contributed by atoms with E-state index in [0.29, 0.717) is 34.3 Å². The van der Waals surface area contributed by atoms with E-state index >= 15 is 0 Å². The second-order valence-corrected chi connectivity index (χ2v) is 16.0. The van der Waals surface area contributed by atoms with Crippen LogP contribution in [0.3, 0.4) is 0 Å². The number of aryl methyl sites for hydroxylation is 3. The molecule has 0 bridgehead atoms. The van der Waals surface area contributed by atoms with Crippen LogP contribution in [0.15, 0.2) is 42.6 Å². The quantitative estimate of drug-likeness (QED) is 0.250. The summed E-state index contributed by atoms with van der Waals surface area (Å²) in [5.41, 5.74) is 1.31. The number of methoxy groups -OCH3 is 1. The number of ether oxygens (including phenoxy) is 1. The minimum Gasteiger partial charge on any atom is -0.495 e. The fourth-order valence-corrected chi connectivity index (χ4v) is 7.35. The van der Waals surface area contributed by atoms with E-state index in [9.17, 15) is 26.4 Å². The number of hydrogen-bond acceptors (Lipinski definition) is 9. The molecule has 3 fully saturated rings. The molecular formula is C36H46F3N7O4S. The number of aromatic nitrogens is 2. The lowest BCUT2D eigenvalue weighted by Crippen LogP contribution is -2.58. The molecule has 276 valence electrons. The fraction of sp³-hybridized carbons (Fsp3) is 0.528. The van der Waals surface area contributed by atoms with Crippen molar-refractivity contribution in [1.82, 2.24) is 25.1 Å². The van der Waals surface area contributed by atoms with Crippen LogP contribution in [0.2, 0.25) is 0 Å². The van der Waals surface area contributed by atoms with Crippen molar-refractivity contribution in [3.63, 3.8) is 0 Å². The predicted octanol–water partition coefficient (Wildman–Crippen LogP) is 5.03. The molecule has 6 rings (SSSR count). The molecule has 2 aliphatic carbocycles. The molecule has 1 saturated heterocycles. The fourth-order valence-electron chi connectivity index (χ4n) is 6.82. The number of halogens is 3. The molecule has 2 N–H and O–H groups in total. The minimum atomic E-state index is -4.70. The van der Waals surface area contributed by atoms with Crippen LogP contribution < -0.4 is 19.7 Å². The predicted molar refractivity (Wildman–Crippen MR) is 190 cm³/mol. The normalized spacial score (nSPS) is 20.1. The van der Waals surface area contributed by atoms with Crippen molar-refractivity contribution in [3.05, 3.63) is 70.5 Å². The maximum Gasteiger partial charge on any atom is 0.419 e. The number of carbonyl (C=O) groups excluding carboxylic acids is 1. The molecule has 15 heteroatoms. The number of amides is 1. The summed E-state index contributed by atoms with van der Waals surface area (Å²) in [6, 6.07) is 10.6. The number of alkyl halides is 3. The molecular weight excluding hydrogens is 684 g/mol. The van der Waals surface area contributed by atoms with Crippen LogP contribution in [0.4, 0.5) is 30.5 Å². The molecule has 0 radical (unpaired) electrons. The highest BCUT2D eigenvalue weighted by molar-refractivity contribution is 7.92. The van der Waals surface area contributed by atoms with E-state index in [0.717, 1.165) is 67.3 Å². The first-order valence-electron chi connectivity index (χ1n) is 17.4. The van der Waals surface area contributed by atoms with Crippen LogP contribution in [0.25, 0.3) is 0 Å². The second kappa shape index (κ2) is 15.0. The highest BCUT2D eigenvalue weighted by Crippen LogP contribution is 2.35. The third-order valence-electron chi connectivity index (χ3n) is 10.2. The number of hydrogen-bond donors (Lipinski definition) is 2. The Hall–Kier alpha value is -3.95. The number of piperazine rings is 1. The van der Waals surface area contributed by atoms with Crippen molar-refractivity contribution < 1.29 is 31.1 Å². The minimum absolute atomic E-state index is 0.0835. The standard InChI is InChI=1S/C36H46F3N7O4S/c1-23-5-8-25(32(17-23)44(2)51(4,48)49)9-11-30-29(36(37,38)39)21-40-35(42-30)43-31-12-10-26(18-33(31)50-3)34(47)41-27-19-28(20-27)46-15-13-45(14-16-46)22-24-6-7-24/h5,8,10,12,17-18,21,24,27-28H,6-7,9,11,13-16,19-20,22H2,1-4H3,(H,41,47)(H,40,42,43). The van der Waals surface area contributed by atoms with E-state index in [1.54, 1.807) is 36.4 Å². The third-order valence-corrected chi connectivity index (χ3v) is 11.4. The van der Waals surface area contributed by atoms with Gasteiger partial charge in [-0.2, -0.15) is 13.2 Å². The zero-order valence-corrected chi connectivity index (χ0v) is 30.3. The maximum absolute atomic E-state index is 14.0. The molecule has 1 aliphatic heterocycles. The molecule has 1 aromatic heterocycles. The molecule has 3 aromatic rings. The molecule has 0 atom stereocenters. The van der Waals surface area contributed by atoms with E-state index in [1.807, 2.05) is 6.92 Å². The van der Waals surface area contributed by atoms with E-state index in [1.165, 1.54) is 33.5 Å². The van der Waals surface area contributed by atoms with Gasteiger partial charge in [-0.25, -0.2) is 18.4 Å². The summed E-state index contributed by atoms with van der Waals surface area (Å²) in [4.78, 5) is 26.4. The zero-order valence-electron chi connectivity index (χ0n) is 29.5. The van der Waals surface area contributed by atoms with E-state index in [4.69, 9.17) is 4.74 Å². The lowest BCUT2D eigenvalue weighted by molar-refractivity contribution is -0.138. The third kappa shape index (κ3) is 9.11. The topological polar surface area (TPSA) is 120 Å². The Kier molecular flexibility index (Phi) is 10.8. The highest BCUT2D eigenvalue weighted by atomic mass is 32.2. The molecule has 2 heterocycles. The Bertz CT molecular complexity index is 1840. The number of sulfonamides is 1. The molecule has 1 amide bonds. The van der Waals surface area contributed by atoms with Crippen molar-refractivity contribution in [3.8, 4) is 5.75 Å². The lowest BCUT2D eigenvalue weighted by Gasteiger charge is -2.46. The monoisotopic (exact) mass is 729 g/mol. The average molecular weight is 730 g/mol. The van der Waals surface area contributed by atoms with Gasteiger partial charge in [0.1, 0.15) is 5.75 Å². The van der Waals surface area contributed by atoms with Gasteiger partial charge in [0.05, 0.1) is 36.0 Å². The number of benzene rings is 2. The van der Waals surface area contributed by atoms with Gasteiger partial charge in [-0.05, 0) is 86.8 Å². The number of anilines is 3. The lowest BCUT2D eigenvalue weighted by atomic mass is 9.85. The van der Waals surface area contributed by atoms with Gasteiger partial charge in [-0.15, -0.1) is 0 Å². The summed E-state index contributed by atoms with van der Waals surface area (Å²) >= 11 is 0. The van der Waals surface area contributed by atoms with E-state index in [-0.39, 0.29) is 36.4 Å². The Morgan fingerprint density at radius 3 is 2.43 bits per heavy atom. The summed E-state index contributed by atoms with van der Waals surface area (Å²) in [5.74, 6) is 0.905. The highest BCUT2D eigenvalue weighted by Gasteiger charge is 2.37. The van der Waals surface area contributed by atoms with E-state index < -0.39 is 21.8 Å². The van der Waals surface area contributed by atoms with Crippen molar-refractivity contribution in [2.75, 3.05) is 62.8 Å². The van der Waals surface area contributed by atoms with Gasteiger partial charge in [0.15, 0.2) is 0 Å². The molecule has 0 unspecified atom stereocenters. The molecule has 51 heavy (non-hydrogen) atoms. The molecule has 3 aliphatic rings. The molecule has 0 spiro atoms. The van der Waals surface area contributed by atoms with Gasteiger partial charge < -0.3 is 20.3 Å². The van der Waals surface area contributed by atoms with Crippen molar-refractivity contribution in [2.45, 2.75) is 63.7 Å². The van der Waals surface area contributed by atoms with Crippen molar-refractivity contribution >= 4 is 33.3 Å². The summed E-state index contributed by atoms with van der Waals surface area (Å²) in [7, 11) is -0.755. The van der Waals surface area contributed by atoms with Gasteiger partial charge >= 0.3 is 6.18 Å². The summed E-state index contributed by atoms with van der Waals surface area (Å²) in [6.45, 7) is 7.42. The first-order chi connectivity index (χ1) is 24.2. The zero-order chi connectivity index (χ0) is 36.5. The Morgan fingerprint density at radius 2 is 1.78 bits per heavy atom. The second-order valence-electron chi connectivity index (χ2n) is 14.0. The van der Waals surface area contributed by atoms with Crippen LogP contribution >= 0.6 is 0 Å². The van der Waals surface area contributed by atoms with Crippen LogP contribution in [0.1, 0.15) is 58.4 Å². The average Bonchev–Trinajstić information content (AvgIpc) is 3.89. The molecule has 2 aromatic carbocycles. The van der Waals surface area contributed by atoms with Gasteiger partial charge in [0, 0.05) is 63.6 Å². The number of nitrogens with one attached hydrogen (secondary N) is 2. The Balaban J connectivity index is 1.09. The van der Waals surface area contributed by atoms with Gasteiger partial charge in [0.25, 0.3) is 5.91 Å². The largest absolute Gasteiger partial charge is 0.495 e. The van der Waals surface area contributed by atoms with Crippen molar-refractivity contribution in [1.29, 1.82) is 0 Å². The number of carbonyl (C=O) groups is 1. The van der Waals surface area contributed by atoms with Crippen LogP contribution in [-0.4, -0.2) is 99.3 Å². The summed E-state index contributed by atoms with van der Waals surface area (Å²) in [5, 5.41) is 6.07. The van der Waals surface area contributed by atoms with Crippen LogP contribution in [-0.2, 0) is 29.0 Å². The van der Waals surface area contributed by atoms with Crippen molar-refractivity contribution in [2.24, 2.45) is 5.92 Å². The SMILES string of the molecule is COc1cc(C(=O)NC2CC(N3CCN(CC4CC4)CC3)C2)ccc1Nc1ncc(C(F)(F)F)c(CCc2ccc(C)cc2N(C)S(C)(=O)=O)n1. The number of nitrogens with zero attached hydrogens (tertiary/aromatic N) is 5. The molecule has 11 nitrogen and oxygen atoms in total. The Labute approximate surface area is 297 Å². The Morgan fingerprint density at radius 1 is 1.06 bits per heavy atom. The summed E-state index contributed by atoms with van der Waals surface area (Å²) in [6.07, 6.45) is 1.64. The number of rotatable bonds is 13. The first-order valence-corrected chi connectivity index (χ1v) is 19.2. The van der Waals surface area contributed by atoms with Crippen LogP contribution in [0.5, 0.6) is 5.75 Å². The maximum atomic E-state index is 14.0. The van der Waals surface area contributed by atoms with Gasteiger partial charge in [0.2, 0.25) is 16.0 Å². The van der Waals surface area contributed by atoms with Crippen LogP contribution in [0, 0.1) is 12.8 Å². The van der Waals surface area contributed by atoms with E-state index in [2.05, 4.69) is 30.4 Å². The molecule has 2 saturated carbocycles. The first kappa shape index (κ1) is 36.8.